The second-order valence-electron chi connectivity index (χ2n) is 4.86. The lowest BCUT2D eigenvalue weighted by molar-refractivity contribution is -0.153. The third-order valence-corrected chi connectivity index (χ3v) is 2.96. The van der Waals surface area contributed by atoms with E-state index in [1.54, 1.807) is 0 Å². The van der Waals surface area contributed by atoms with Crippen LogP contribution in [0.5, 0.6) is 5.75 Å². The molecule has 1 N–H and O–H groups in total. The Morgan fingerprint density at radius 3 is 2.25 bits per heavy atom. The number of hydrogen-bond donors (Lipinski definition) is 1. The Kier molecular flexibility index (Phi) is 5.38. The topological polar surface area (TPSA) is 38.3 Å². The maximum atomic E-state index is 13.1. The van der Waals surface area contributed by atoms with Crippen molar-refractivity contribution >= 4 is 5.91 Å². The van der Waals surface area contributed by atoms with Crippen LogP contribution in [-0.2, 0) is 6.54 Å². The van der Waals surface area contributed by atoms with Crippen molar-refractivity contribution in [2.75, 3.05) is 6.61 Å². The van der Waals surface area contributed by atoms with Crippen LogP contribution in [0.25, 0.3) is 0 Å². The van der Waals surface area contributed by atoms with E-state index in [-0.39, 0.29) is 17.9 Å². The minimum atomic E-state index is -4.42. The van der Waals surface area contributed by atoms with Gasteiger partial charge in [0.25, 0.3) is 5.91 Å². The van der Waals surface area contributed by atoms with Gasteiger partial charge in [-0.3, -0.25) is 4.79 Å². The molecule has 0 fully saturated rings. The predicted octanol–water partition coefficient (Wildman–Crippen LogP) is 3.84. The van der Waals surface area contributed by atoms with Gasteiger partial charge in [-0.15, -0.1) is 0 Å². The van der Waals surface area contributed by atoms with Crippen molar-refractivity contribution < 1.29 is 31.5 Å². The molecule has 0 bridgehead atoms. The fourth-order valence-electron chi connectivity index (χ4n) is 1.79. The van der Waals surface area contributed by atoms with E-state index in [0.29, 0.717) is 5.56 Å². The second-order valence-corrected chi connectivity index (χ2v) is 4.86. The Morgan fingerprint density at radius 1 is 1.00 bits per heavy atom. The van der Waals surface area contributed by atoms with E-state index in [1.807, 2.05) is 0 Å². The maximum absolute atomic E-state index is 13.1. The summed E-state index contributed by atoms with van der Waals surface area (Å²) in [6.45, 7) is -1.32. The summed E-state index contributed by atoms with van der Waals surface area (Å²) in [4.78, 5) is 11.8. The highest BCUT2D eigenvalue weighted by molar-refractivity contribution is 5.94. The van der Waals surface area contributed by atoms with Gasteiger partial charge < -0.3 is 10.1 Å². The maximum Gasteiger partial charge on any atom is 0.422 e. The Hall–Kier alpha value is -2.64. The minimum Gasteiger partial charge on any atom is -0.484 e. The fourth-order valence-corrected chi connectivity index (χ4v) is 1.79. The molecule has 0 aromatic heterocycles. The summed E-state index contributed by atoms with van der Waals surface area (Å²) in [5.41, 5.74) is 0.560. The van der Waals surface area contributed by atoms with E-state index in [4.69, 9.17) is 0 Å². The zero-order valence-electron chi connectivity index (χ0n) is 12.2. The first-order chi connectivity index (χ1) is 11.2. The number of halogens is 5. The number of amides is 1. The van der Waals surface area contributed by atoms with Gasteiger partial charge in [0, 0.05) is 12.1 Å². The summed E-state index contributed by atoms with van der Waals surface area (Å²) in [7, 11) is 0. The van der Waals surface area contributed by atoms with E-state index in [9.17, 15) is 26.7 Å². The second kappa shape index (κ2) is 7.29. The van der Waals surface area contributed by atoms with Crippen LogP contribution in [0.4, 0.5) is 22.0 Å². The van der Waals surface area contributed by atoms with Crippen LogP contribution in [0, 0.1) is 11.6 Å². The van der Waals surface area contributed by atoms with Gasteiger partial charge in [0.15, 0.2) is 18.2 Å². The van der Waals surface area contributed by atoms with E-state index in [0.717, 1.165) is 18.2 Å². The van der Waals surface area contributed by atoms with E-state index >= 15 is 0 Å². The van der Waals surface area contributed by atoms with E-state index in [1.165, 1.54) is 24.3 Å². The van der Waals surface area contributed by atoms with Crippen LogP contribution in [0.15, 0.2) is 42.5 Å². The molecule has 0 aliphatic carbocycles. The predicted molar refractivity (Wildman–Crippen MR) is 75.5 cm³/mol. The van der Waals surface area contributed by atoms with E-state index < -0.39 is 30.3 Å². The number of rotatable bonds is 5. The molecule has 0 unspecified atom stereocenters. The number of nitrogens with one attached hydrogen (secondary N) is 1. The van der Waals surface area contributed by atoms with Crippen molar-refractivity contribution in [3.05, 3.63) is 65.2 Å². The lowest BCUT2D eigenvalue weighted by Crippen LogP contribution is -2.23. The monoisotopic (exact) mass is 345 g/mol. The summed E-state index contributed by atoms with van der Waals surface area (Å²) in [6, 6.07) is 8.40. The van der Waals surface area contributed by atoms with Crippen LogP contribution in [-0.4, -0.2) is 18.7 Å². The standard InChI is InChI=1S/C16H12F5NO2/c17-13-6-3-11(7-14(13)18)15(23)22-8-10-1-4-12(5-2-10)24-9-16(19,20)21/h1-7H,8-9H2,(H,22,23). The third kappa shape index (κ3) is 5.22. The highest BCUT2D eigenvalue weighted by atomic mass is 19.4. The molecule has 1 amide bonds. The summed E-state index contributed by atoms with van der Waals surface area (Å²) >= 11 is 0. The van der Waals surface area contributed by atoms with Crippen LogP contribution >= 0.6 is 0 Å². The van der Waals surface area contributed by atoms with Gasteiger partial charge in [-0.1, -0.05) is 12.1 Å². The van der Waals surface area contributed by atoms with Crippen molar-refractivity contribution in [2.24, 2.45) is 0 Å². The smallest absolute Gasteiger partial charge is 0.422 e. The van der Waals surface area contributed by atoms with Crippen LogP contribution in [0.1, 0.15) is 15.9 Å². The van der Waals surface area contributed by atoms with Crippen LogP contribution in [0.3, 0.4) is 0 Å². The van der Waals surface area contributed by atoms with Crippen molar-refractivity contribution in [2.45, 2.75) is 12.7 Å². The Labute approximate surface area is 134 Å². The molecule has 128 valence electrons. The third-order valence-electron chi connectivity index (χ3n) is 2.96. The number of alkyl halides is 3. The van der Waals surface area contributed by atoms with Gasteiger partial charge in [-0.05, 0) is 35.9 Å². The molecule has 0 heterocycles. The summed E-state index contributed by atoms with van der Waals surface area (Å²) < 4.78 is 66.5. The molecule has 24 heavy (non-hydrogen) atoms. The van der Waals surface area contributed by atoms with Crippen LogP contribution in [0.2, 0.25) is 0 Å². The number of benzene rings is 2. The molecular formula is C16H12F5NO2. The fraction of sp³-hybridized carbons (Fsp3) is 0.188. The van der Waals surface area contributed by atoms with Gasteiger partial charge in [0.1, 0.15) is 5.75 Å². The van der Waals surface area contributed by atoms with Crippen molar-refractivity contribution in [1.82, 2.24) is 5.32 Å². The number of ether oxygens (including phenoxy) is 1. The highest BCUT2D eigenvalue weighted by Crippen LogP contribution is 2.19. The summed E-state index contributed by atoms with van der Waals surface area (Å²) in [6.07, 6.45) is -4.42. The quantitative estimate of drug-likeness (QED) is 0.837. The molecule has 2 rings (SSSR count). The molecule has 2 aromatic rings. The van der Waals surface area contributed by atoms with Crippen molar-refractivity contribution in [1.29, 1.82) is 0 Å². The molecule has 0 spiro atoms. The lowest BCUT2D eigenvalue weighted by Gasteiger charge is -2.10. The largest absolute Gasteiger partial charge is 0.484 e. The molecule has 0 aliphatic heterocycles. The minimum absolute atomic E-state index is 0.0426. The average Bonchev–Trinajstić information content (AvgIpc) is 2.53. The molecular weight excluding hydrogens is 333 g/mol. The van der Waals surface area contributed by atoms with Crippen molar-refractivity contribution in [3.8, 4) is 5.75 Å². The van der Waals surface area contributed by atoms with Gasteiger partial charge in [0.2, 0.25) is 0 Å². The van der Waals surface area contributed by atoms with Gasteiger partial charge in [-0.2, -0.15) is 13.2 Å². The van der Waals surface area contributed by atoms with Gasteiger partial charge in [-0.25, -0.2) is 8.78 Å². The van der Waals surface area contributed by atoms with Gasteiger partial charge in [0.05, 0.1) is 0 Å². The first-order valence-corrected chi connectivity index (χ1v) is 6.76. The first kappa shape index (κ1) is 17.7. The lowest BCUT2D eigenvalue weighted by atomic mass is 10.2. The van der Waals surface area contributed by atoms with Crippen LogP contribution < -0.4 is 10.1 Å². The van der Waals surface area contributed by atoms with Crippen molar-refractivity contribution in [3.63, 3.8) is 0 Å². The highest BCUT2D eigenvalue weighted by Gasteiger charge is 2.28. The number of hydrogen-bond acceptors (Lipinski definition) is 2. The van der Waals surface area contributed by atoms with Gasteiger partial charge >= 0.3 is 6.18 Å². The zero-order valence-corrected chi connectivity index (χ0v) is 12.2. The molecule has 0 radical (unpaired) electrons. The van der Waals surface area contributed by atoms with E-state index in [2.05, 4.69) is 10.1 Å². The molecule has 0 aliphatic rings. The molecule has 2 aromatic carbocycles. The number of carbonyl (C=O) groups excluding carboxylic acids is 1. The zero-order chi connectivity index (χ0) is 17.7. The molecule has 0 saturated heterocycles. The Balaban J connectivity index is 1.89. The molecule has 8 heteroatoms. The Morgan fingerprint density at radius 2 is 1.67 bits per heavy atom. The normalized spacial score (nSPS) is 11.2. The average molecular weight is 345 g/mol. The molecule has 3 nitrogen and oxygen atoms in total. The molecule has 0 saturated carbocycles. The Bertz CT molecular complexity index is 713. The SMILES string of the molecule is O=C(NCc1ccc(OCC(F)(F)F)cc1)c1ccc(F)c(F)c1. The first-order valence-electron chi connectivity index (χ1n) is 6.76. The summed E-state index contributed by atoms with van der Waals surface area (Å²) in [5, 5.41) is 2.49. The summed E-state index contributed by atoms with van der Waals surface area (Å²) in [5.74, 6) is -2.75. The number of carbonyl (C=O) groups is 1. The molecule has 0 atom stereocenters.